The zero-order valence-electron chi connectivity index (χ0n) is 14.2. The van der Waals surface area contributed by atoms with Gasteiger partial charge in [-0.2, -0.15) is 4.31 Å². The lowest BCUT2D eigenvalue weighted by Gasteiger charge is -2.21. The van der Waals surface area contributed by atoms with Crippen LogP contribution in [0.5, 0.6) is 0 Å². The summed E-state index contributed by atoms with van der Waals surface area (Å²) in [6.45, 7) is 2.90. The van der Waals surface area contributed by atoms with Crippen LogP contribution in [-0.2, 0) is 23.0 Å². The Hall–Kier alpha value is -2.05. The van der Waals surface area contributed by atoms with Gasteiger partial charge < -0.3 is 10.6 Å². The number of hydrogen-bond donors (Lipinski definition) is 1. The van der Waals surface area contributed by atoms with Gasteiger partial charge in [0.15, 0.2) is 0 Å². The Morgan fingerprint density at radius 1 is 1.00 bits per heavy atom. The number of sulfonamides is 1. The average Bonchev–Trinajstić information content (AvgIpc) is 3.25. The molecule has 0 amide bonds. The van der Waals surface area contributed by atoms with Gasteiger partial charge in [-0.1, -0.05) is 18.2 Å². The standard InChI is InChI=1S/C19H23N3O2S/c20-17-5-3-4-15(12-17)14-21-11-8-16-6-7-18(13-19(16)21)25(23,24)22-9-1-2-10-22/h3-7,12-13H,1-2,8-11,14,20H2. The van der Waals surface area contributed by atoms with Crippen molar-refractivity contribution in [2.75, 3.05) is 30.3 Å². The lowest BCUT2D eigenvalue weighted by Crippen LogP contribution is -2.28. The topological polar surface area (TPSA) is 66.6 Å². The van der Waals surface area contributed by atoms with Gasteiger partial charge in [0, 0.05) is 37.6 Å². The molecule has 0 aliphatic carbocycles. The molecule has 1 fully saturated rings. The van der Waals surface area contributed by atoms with E-state index in [4.69, 9.17) is 5.73 Å². The van der Waals surface area contributed by atoms with Crippen LogP contribution in [0.15, 0.2) is 47.4 Å². The normalized spacial score (nSPS) is 17.8. The van der Waals surface area contributed by atoms with Crippen LogP contribution in [0.25, 0.3) is 0 Å². The maximum Gasteiger partial charge on any atom is 0.243 e. The number of hydrogen-bond acceptors (Lipinski definition) is 4. The maximum atomic E-state index is 12.8. The van der Waals surface area contributed by atoms with E-state index in [1.165, 1.54) is 5.56 Å². The van der Waals surface area contributed by atoms with Gasteiger partial charge in [0.05, 0.1) is 4.90 Å². The second kappa shape index (κ2) is 6.35. The maximum absolute atomic E-state index is 12.8. The van der Waals surface area contributed by atoms with Crippen molar-refractivity contribution < 1.29 is 8.42 Å². The molecule has 6 heteroatoms. The van der Waals surface area contributed by atoms with E-state index < -0.39 is 10.0 Å². The molecule has 0 unspecified atom stereocenters. The summed E-state index contributed by atoms with van der Waals surface area (Å²) >= 11 is 0. The van der Waals surface area contributed by atoms with E-state index in [9.17, 15) is 8.42 Å². The summed E-state index contributed by atoms with van der Waals surface area (Å²) in [7, 11) is -3.38. The minimum Gasteiger partial charge on any atom is -0.399 e. The van der Waals surface area contributed by atoms with Gasteiger partial charge in [-0.25, -0.2) is 8.42 Å². The Morgan fingerprint density at radius 3 is 2.56 bits per heavy atom. The Morgan fingerprint density at radius 2 is 1.80 bits per heavy atom. The summed E-state index contributed by atoms with van der Waals surface area (Å²) in [4.78, 5) is 2.65. The van der Waals surface area contributed by atoms with Gasteiger partial charge >= 0.3 is 0 Å². The van der Waals surface area contributed by atoms with Crippen molar-refractivity contribution in [1.82, 2.24) is 4.31 Å². The third-order valence-corrected chi connectivity index (χ3v) is 6.97. The minimum absolute atomic E-state index is 0.410. The number of nitrogens with two attached hydrogens (primary N) is 1. The van der Waals surface area contributed by atoms with Crippen LogP contribution < -0.4 is 10.6 Å². The van der Waals surface area contributed by atoms with Gasteiger partial charge in [-0.05, 0) is 54.7 Å². The molecule has 2 N–H and O–H groups in total. The molecule has 2 aliphatic heterocycles. The molecular weight excluding hydrogens is 334 g/mol. The third kappa shape index (κ3) is 3.12. The first-order chi connectivity index (χ1) is 12.0. The van der Waals surface area contributed by atoms with Crippen LogP contribution in [-0.4, -0.2) is 32.4 Å². The van der Waals surface area contributed by atoms with Crippen molar-refractivity contribution in [1.29, 1.82) is 0 Å². The van der Waals surface area contributed by atoms with Crippen molar-refractivity contribution in [2.45, 2.75) is 30.7 Å². The molecule has 0 spiro atoms. The number of nitrogens with zero attached hydrogens (tertiary/aromatic N) is 2. The quantitative estimate of drug-likeness (QED) is 0.854. The third-order valence-electron chi connectivity index (χ3n) is 5.08. The molecule has 5 nitrogen and oxygen atoms in total. The number of nitrogen functional groups attached to an aromatic ring is 1. The monoisotopic (exact) mass is 357 g/mol. The van der Waals surface area contributed by atoms with E-state index >= 15 is 0 Å². The Kier molecular flexibility index (Phi) is 4.17. The van der Waals surface area contributed by atoms with Gasteiger partial charge in [-0.15, -0.1) is 0 Å². The molecular formula is C19H23N3O2S. The first-order valence-corrected chi connectivity index (χ1v) is 10.2. The highest BCUT2D eigenvalue weighted by Crippen LogP contribution is 2.33. The predicted octanol–water partition coefficient (Wildman–Crippen LogP) is 2.62. The van der Waals surface area contributed by atoms with Crippen LogP contribution in [0.4, 0.5) is 11.4 Å². The van der Waals surface area contributed by atoms with E-state index in [0.29, 0.717) is 18.0 Å². The molecule has 0 saturated carbocycles. The van der Waals surface area contributed by atoms with Crippen LogP contribution in [0, 0.1) is 0 Å². The number of anilines is 2. The molecule has 2 heterocycles. The summed E-state index contributed by atoms with van der Waals surface area (Å²) in [6, 6.07) is 13.4. The fourth-order valence-corrected chi connectivity index (χ4v) is 5.28. The molecule has 2 aliphatic rings. The second-order valence-corrected chi connectivity index (χ2v) is 8.76. The fraction of sp³-hybridized carbons (Fsp3) is 0.368. The fourth-order valence-electron chi connectivity index (χ4n) is 3.74. The summed E-state index contributed by atoms with van der Waals surface area (Å²) in [6.07, 6.45) is 2.85. The van der Waals surface area contributed by atoms with Crippen LogP contribution in [0.1, 0.15) is 24.0 Å². The van der Waals surface area contributed by atoms with Crippen LogP contribution in [0.2, 0.25) is 0 Å². The zero-order chi connectivity index (χ0) is 17.4. The van der Waals surface area contributed by atoms with E-state index in [0.717, 1.165) is 49.3 Å². The van der Waals surface area contributed by atoms with E-state index in [1.54, 1.807) is 10.4 Å². The minimum atomic E-state index is -3.38. The molecule has 0 radical (unpaired) electrons. The Balaban J connectivity index is 1.63. The molecule has 2 aromatic carbocycles. The van der Waals surface area contributed by atoms with Gasteiger partial charge in [0.1, 0.15) is 0 Å². The van der Waals surface area contributed by atoms with Crippen LogP contribution in [0.3, 0.4) is 0 Å². The number of fused-ring (bicyclic) bond motifs is 1. The first-order valence-electron chi connectivity index (χ1n) is 8.76. The van der Waals surface area contributed by atoms with E-state index in [1.807, 2.05) is 30.3 Å². The van der Waals surface area contributed by atoms with Crippen molar-refractivity contribution >= 4 is 21.4 Å². The van der Waals surface area contributed by atoms with E-state index in [2.05, 4.69) is 11.0 Å². The molecule has 0 atom stereocenters. The SMILES string of the molecule is Nc1cccc(CN2CCc3ccc(S(=O)(=O)N4CCCC4)cc32)c1. The highest BCUT2D eigenvalue weighted by Gasteiger charge is 2.29. The molecule has 2 aromatic rings. The molecule has 132 valence electrons. The Labute approximate surface area is 149 Å². The van der Waals surface area contributed by atoms with Gasteiger partial charge in [0.25, 0.3) is 0 Å². The zero-order valence-corrected chi connectivity index (χ0v) is 15.0. The molecule has 0 aromatic heterocycles. The Bertz CT molecular complexity index is 889. The summed E-state index contributed by atoms with van der Waals surface area (Å²) < 4.78 is 27.3. The van der Waals surface area contributed by atoms with Crippen LogP contribution >= 0.6 is 0 Å². The van der Waals surface area contributed by atoms with Crippen molar-refractivity contribution in [3.8, 4) is 0 Å². The average molecular weight is 357 g/mol. The smallest absolute Gasteiger partial charge is 0.243 e. The largest absolute Gasteiger partial charge is 0.399 e. The highest BCUT2D eigenvalue weighted by molar-refractivity contribution is 7.89. The van der Waals surface area contributed by atoms with E-state index in [-0.39, 0.29) is 0 Å². The number of rotatable bonds is 4. The second-order valence-electron chi connectivity index (χ2n) is 6.82. The molecule has 1 saturated heterocycles. The summed E-state index contributed by atoms with van der Waals surface area (Å²) in [5.74, 6) is 0. The van der Waals surface area contributed by atoms with Crippen molar-refractivity contribution in [2.24, 2.45) is 0 Å². The number of benzene rings is 2. The highest BCUT2D eigenvalue weighted by atomic mass is 32.2. The van der Waals surface area contributed by atoms with Gasteiger partial charge in [0.2, 0.25) is 10.0 Å². The molecule has 25 heavy (non-hydrogen) atoms. The van der Waals surface area contributed by atoms with Crippen molar-refractivity contribution in [3.63, 3.8) is 0 Å². The van der Waals surface area contributed by atoms with Crippen molar-refractivity contribution in [3.05, 3.63) is 53.6 Å². The summed E-state index contributed by atoms with van der Waals surface area (Å²) in [5, 5.41) is 0. The molecule has 0 bridgehead atoms. The summed E-state index contributed by atoms with van der Waals surface area (Å²) in [5.41, 5.74) is 10.0. The lowest BCUT2D eigenvalue weighted by atomic mass is 10.1. The molecule has 4 rings (SSSR count). The first kappa shape index (κ1) is 16.4. The lowest BCUT2D eigenvalue weighted by molar-refractivity contribution is 0.477. The van der Waals surface area contributed by atoms with Gasteiger partial charge in [-0.3, -0.25) is 0 Å². The predicted molar refractivity (Wildman–Crippen MR) is 100 cm³/mol.